The van der Waals surface area contributed by atoms with Crippen molar-refractivity contribution >= 4 is 48.6 Å². The maximum absolute atomic E-state index is 3.68. The number of rotatable bonds is 2. The summed E-state index contributed by atoms with van der Waals surface area (Å²) in [4.78, 5) is 0. The molecule has 6 aromatic rings. The molecule has 138 valence electrons. The summed E-state index contributed by atoms with van der Waals surface area (Å²) in [7, 11) is 0. The van der Waals surface area contributed by atoms with Crippen molar-refractivity contribution in [2.45, 2.75) is 0 Å². The molecule has 0 atom stereocenters. The molecule has 0 radical (unpaired) electrons. The van der Waals surface area contributed by atoms with Gasteiger partial charge in [-0.05, 0) is 60.7 Å². The van der Waals surface area contributed by atoms with Gasteiger partial charge in [0.15, 0.2) is 0 Å². The normalized spacial score (nSPS) is 11.6. The highest BCUT2D eigenvalue weighted by atomic mass is 79.9. The van der Waals surface area contributed by atoms with Gasteiger partial charge in [0.05, 0.1) is 16.6 Å². The molecule has 0 aliphatic heterocycles. The van der Waals surface area contributed by atoms with Gasteiger partial charge in [0.2, 0.25) is 0 Å². The first-order valence-corrected chi connectivity index (χ1v) is 10.5. The lowest BCUT2D eigenvalue weighted by atomic mass is 10.1. The van der Waals surface area contributed by atoms with Gasteiger partial charge in [0.1, 0.15) is 0 Å². The predicted octanol–water partition coefficient (Wildman–Crippen LogP) is 7.49. The highest BCUT2D eigenvalue weighted by Crippen LogP contribution is 2.38. The van der Waals surface area contributed by atoms with Crippen molar-refractivity contribution in [2.75, 3.05) is 0 Å². The molecule has 2 heterocycles. The number of aromatic nitrogens is 2. The molecule has 0 aliphatic carbocycles. The molecule has 0 amide bonds. The Morgan fingerprint density at radius 3 is 1.97 bits per heavy atom. The molecule has 0 N–H and O–H groups in total. The fraction of sp³-hybridized carbons (Fsp3) is 0. The molecule has 2 aromatic heterocycles. The topological polar surface area (TPSA) is 9.86 Å². The zero-order valence-corrected chi connectivity index (χ0v) is 17.2. The van der Waals surface area contributed by atoms with Crippen LogP contribution >= 0.6 is 15.9 Å². The molecule has 0 aliphatic rings. The Kier molecular flexibility index (Phi) is 3.65. The Labute approximate surface area is 176 Å². The van der Waals surface area contributed by atoms with E-state index in [-0.39, 0.29) is 0 Å². The van der Waals surface area contributed by atoms with E-state index in [1.54, 1.807) is 0 Å². The molecule has 3 heteroatoms. The van der Waals surface area contributed by atoms with Gasteiger partial charge < -0.3 is 9.13 Å². The van der Waals surface area contributed by atoms with E-state index in [4.69, 9.17) is 0 Å². The molecule has 0 saturated heterocycles. The largest absolute Gasteiger partial charge is 0.317 e. The third-order valence-corrected chi connectivity index (χ3v) is 6.10. The van der Waals surface area contributed by atoms with E-state index in [0.29, 0.717) is 0 Å². The van der Waals surface area contributed by atoms with Gasteiger partial charge in [-0.2, -0.15) is 0 Å². The van der Waals surface area contributed by atoms with E-state index in [0.717, 1.165) is 4.47 Å². The van der Waals surface area contributed by atoms with Crippen LogP contribution < -0.4 is 0 Å². The lowest BCUT2D eigenvalue weighted by molar-refractivity contribution is 1.13. The Morgan fingerprint density at radius 1 is 0.552 bits per heavy atom. The molecule has 29 heavy (non-hydrogen) atoms. The Balaban J connectivity index is 1.77. The minimum Gasteiger partial charge on any atom is -0.317 e. The number of hydrogen-bond acceptors (Lipinski definition) is 0. The van der Waals surface area contributed by atoms with Crippen molar-refractivity contribution < 1.29 is 0 Å². The van der Waals surface area contributed by atoms with Crippen LogP contribution in [0.2, 0.25) is 0 Å². The first-order chi connectivity index (χ1) is 14.3. The minimum absolute atomic E-state index is 1.09. The number of nitrogens with zero attached hydrogens (tertiary/aromatic N) is 2. The monoisotopic (exact) mass is 436 g/mol. The standard InChI is InChI=1S/C26H17BrN2/c27-18-11-12-24-22(17-18)26-21-15-16-28(19-7-3-1-4-8-19)23(21)13-14-25(26)29(24)20-9-5-2-6-10-20/h1-17H. The lowest BCUT2D eigenvalue weighted by Crippen LogP contribution is -1.93. The SMILES string of the molecule is Brc1ccc2c(c1)c1c3ccn(-c4ccccc4)c3ccc1n2-c1ccccc1. The molecular weight excluding hydrogens is 420 g/mol. The second-order valence-corrected chi connectivity index (χ2v) is 8.16. The smallest absolute Gasteiger partial charge is 0.0548 e. The number of halogens is 1. The third-order valence-electron chi connectivity index (χ3n) is 5.61. The van der Waals surface area contributed by atoms with Crippen LogP contribution in [-0.2, 0) is 0 Å². The molecule has 6 rings (SSSR count). The Morgan fingerprint density at radius 2 is 1.21 bits per heavy atom. The Hall–Kier alpha value is -3.30. The van der Waals surface area contributed by atoms with Crippen molar-refractivity contribution in [1.82, 2.24) is 9.13 Å². The van der Waals surface area contributed by atoms with Crippen LogP contribution in [0, 0.1) is 0 Å². The maximum atomic E-state index is 3.68. The molecule has 4 aromatic carbocycles. The average molecular weight is 437 g/mol. The van der Waals surface area contributed by atoms with E-state index < -0.39 is 0 Å². The van der Waals surface area contributed by atoms with Crippen LogP contribution in [0.4, 0.5) is 0 Å². The Bertz CT molecular complexity index is 1490. The fourth-order valence-corrected chi connectivity index (χ4v) is 4.74. The van der Waals surface area contributed by atoms with Crippen molar-refractivity contribution in [2.24, 2.45) is 0 Å². The fourth-order valence-electron chi connectivity index (χ4n) is 4.38. The lowest BCUT2D eigenvalue weighted by Gasteiger charge is -2.08. The van der Waals surface area contributed by atoms with Crippen molar-refractivity contribution in [3.05, 3.63) is 108 Å². The molecule has 0 spiro atoms. The molecular formula is C26H17BrN2. The molecule has 2 nitrogen and oxygen atoms in total. The predicted molar refractivity (Wildman–Crippen MR) is 125 cm³/mol. The quantitative estimate of drug-likeness (QED) is 0.266. The summed E-state index contributed by atoms with van der Waals surface area (Å²) in [6.07, 6.45) is 2.17. The summed E-state index contributed by atoms with van der Waals surface area (Å²) in [5.41, 5.74) is 6.01. The van der Waals surface area contributed by atoms with Gasteiger partial charge in [0.25, 0.3) is 0 Å². The summed E-state index contributed by atoms with van der Waals surface area (Å²) in [6.45, 7) is 0. The first kappa shape index (κ1) is 16.6. The summed E-state index contributed by atoms with van der Waals surface area (Å²) in [6, 6.07) is 34.4. The summed E-state index contributed by atoms with van der Waals surface area (Å²) in [5.74, 6) is 0. The van der Waals surface area contributed by atoms with E-state index in [1.807, 2.05) is 0 Å². The van der Waals surface area contributed by atoms with Crippen molar-refractivity contribution in [3.63, 3.8) is 0 Å². The third kappa shape index (κ3) is 2.48. The van der Waals surface area contributed by atoms with Crippen LogP contribution in [-0.4, -0.2) is 9.13 Å². The van der Waals surface area contributed by atoms with Crippen molar-refractivity contribution in [1.29, 1.82) is 0 Å². The maximum Gasteiger partial charge on any atom is 0.0548 e. The van der Waals surface area contributed by atoms with Gasteiger partial charge in [-0.25, -0.2) is 0 Å². The zero-order chi connectivity index (χ0) is 19.4. The van der Waals surface area contributed by atoms with Crippen molar-refractivity contribution in [3.8, 4) is 11.4 Å². The zero-order valence-electron chi connectivity index (χ0n) is 15.6. The molecule has 0 unspecified atom stereocenters. The van der Waals surface area contributed by atoms with Crippen LogP contribution in [0.5, 0.6) is 0 Å². The second-order valence-electron chi connectivity index (χ2n) is 7.25. The van der Waals surface area contributed by atoms with Crippen LogP contribution in [0.25, 0.3) is 44.1 Å². The van der Waals surface area contributed by atoms with Gasteiger partial charge >= 0.3 is 0 Å². The van der Waals surface area contributed by atoms with Gasteiger partial charge in [-0.15, -0.1) is 0 Å². The molecule has 0 bridgehead atoms. The average Bonchev–Trinajstić information content (AvgIpc) is 3.33. The number of hydrogen-bond donors (Lipinski definition) is 0. The van der Waals surface area contributed by atoms with Crippen LogP contribution in [0.1, 0.15) is 0 Å². The highest BCUT2D eigenvalue weighted by Gasteiger charge is 2.16. The number of fused-ring (bicyclic) bond motifs is 5. The highest BCUT2D eigenvalue weighted by molar-refractivity contribution is 9.10. The van der Waals surface area contributed by atoms with Gasteiger partial charge in [0, 0.05) is 38.2 Å². The summed E-state index contributed by atoms with van der Waals surface area (Å²) in [5, 5.41) is 3.82. The summed E-state index contributed by atoms with van der Waals surface area (Å²) >= 11 is 3.68. The number of benzene rings is 4. The van der Waals surface area contributed by atoms with E-state index in [9.17, 15) is 0 Å². The first-order valence-electron chi connectivity index (χ1n) is 9.66. The van der Waals surface area contributed by atoms with E-state index in [2.05, 4.69) is 128 Å². The van der Waals surface area contributed by atoms with E-state index >= 15 is 0 Å². The van der Waals surface area contributed by atoms with Gasteiger partial charge in [-0.1, -0.05) is 52.3 Å². The summed E-state index contributed by atoms with van der Waals surface area (Å²) < 4.78 is 5.71. The second kappa shape index (κ2) is 6.36. The van der Waals surface area contributed by atoms with E-state index in [1.165, 1.54) is 44.1 Å². The van der Waals surface area contributed by atoms with Gasteiger partial charge in [-0.3, -0.25) is 0 Å². The van der Waals surface area contributed by atoms with Crippen LogP contribution in [0.3, 0.4) is 0 Å². The number of para-hydroxylation sites is 2. The molecule has 0 fully saturated rings. The molecule has 0 saturated carbocycles. The van der Waals surface area contributed by atoms with Crippen LogP contribution in [0.15, 0.2) is 108 Å². The minimum atomic E-state index is 1.09.